The van der Waals surface area contributed by atoms with Gasteiger partial charge in [-0.05, 0) is 6.92 Å². The molecule has 1 amide bonds. The number of Topliss-reactive ketones (excluding diaryl/α,β-unsaturated/α-hetero) is 1. The molecule has 0 heterocycles. The topological polar surface area (TPSA) is 121 Å². The van der Waals surface area contributed by atoms with Crippen molar-refractivity contribution in [1.82, 2.24) is 5.32 Å². The fourth-order valence-corrected chi connectivity index (χ4v) is 2.51. The Morgan fingerprint density at radius 1 is 1.11 bits per heavy atom. The van der Waals surface area contributed by atoms with Gasteiger partial charge in [0.05, 0.1) is 6.42 Å². The summed E-state index contributed by atoms with van der Waals surface area (Å²) in [7, 11) is 0. The van der Waals surface area contributed by atoms with E-state index in [2.05, 4.69) is 5.32 Å². The number of nitrogens with one attached hydrogen (secondary N) is 1. The summed E-state index contributed by atoms with van der Waals surface area (Å²) in [6.07, 6.45) is -0.278. The van der Waals surface area contributed by atoms with E-state index in [1.54, 1.807) is 0 Å². The van der Waals surface area contributed by atoms with Crippen LogP contribution in [0.15, 0.2) is 0 Å². The molecule has 19 heavy (non-hydrogen) atoms. The van der Waals surface area contributed by atoms with E-state index in [1.807, 2.05) is 0 Å². The first-order chi connectivity index (χ1) is 8.73. The van der Waals surface area contributed by atoms with Gasteiger partial charge in [-0.1, -0.05) is 0 Å². The number of rotatable bonds is 9. The maximum absolute atomic E-state index is 11.2. The second kappa shape index (κ2) is 8.52. The third-order valence-electron chi connectivity index (χ3n) is 2.28. The highest BCUT2D eigenvalue weighted by Gasteiger charge is 2.22. The summed E-state index contributed by atoms with van der Waals surface area (Å²) >= 11 is 1.13. The minimum Gasteiger partial charge on any atom is -0.481 e. The molecule has 0 aliphatic carbocycles. The lowest BCUT2D eigenvalue weighted by Gasteiger charge is -2.15. The molecule has 0 bridgehead atoms. The predicted molar refractivity (Wildman–Crippen MR) is 69.0 cm³/mol. The molecule has 7 nitrogen and oxygen atoms in total. The molecule has 0 saturated carbocycles. The van der Waals surface area contributed by atoms with Crippen LogP contribution < -0.4 is 5.32 Å². The monoisotopic (exact) mass is 291 g/mol. The lowest BCUT2D eigenvalue weighted by molar-refractivity contribution is -0.141. The van der Waals surface area contributed by atoms with Gasteiger partial charge in [0.25, 0.3) is 0 Å². The van der Waals surface area contributed by atoms with Crippen molar-refractivity contribution in [2.24, 2.45) is 5.92 Å². The molecule has 0 aromatic carbocycles. The van der Waals surface area contributed by atoms with Crippen molar-refractivity contribution < 1.29 is 29.4 Å². The lowest BCUT2D eigenvalue weighted by Crippen LogP contribution is -2.41. The van der Waals surface area contributed by atoms with Crippen LogP contribution in [0.1, 0.15) is 20.3 Å². The molecule has 0 aliphatic rings. The van der Waals surface area contributed by atoms with E-state index in [1.165, 1.54) is 13.8 Å². The summed E-state index contributed by atoms with van der Waals surface area (Å²) in [6.45, 7) is 2.51. The maximum atomic E-state index is 11.2. The Kier molecular flexibility index (Phi) is 7.81. The van der Waals surface area contributed by atoms with Crippen LogP contribution in [-0.4, -0.2) is 51.4 Å². The van der Waals surface area contributed by atoms with Crippen LogP contribution >= 0.6 is 11.8 Å². The molecule has 0 aliphatic heterocycles. The SMILES string of the molecule is CC(=O)N[C@@H](CSCC(CC(=O)O)C(C)=O)C(=O)O. The van der Waals surface area contributed by atoms with Gasteiger partial charge in [0, 0.05) is 24.3 Å². The number of amides is 1. The molecule has 0 saturated heterocycles. The number of carbonyl (C=O) groups excluding carboxylic acids is 2. The number of thioether (sulfide) groups is 1. The molecule has 0 rings (SSSR count). The lowest BCUT2D eigenvalue weighted by atomic mass is 10.0. The van der Waals surface area contributed by atoms with Crippen LogP contribution in [0.3, 0.4) is 0 Å². The number of aliphatic carboxylic acids is 2. The highest BCUT2D eigenvalue weighted by Crippen LogP contribution is 2.15. The zero-order valence-electron chi connectivity index (χ0n) is 10.7. The van der Waals surface area contributed by atoms with Crippen LogP contribution in [0.25, 0.3) is 0 Å². The normalized spacial score (nSPS) is 13.4. The smallest absolute Gasteiger partial charge is 0.327 e. The molecule has 0 fully saturated rings. The molecule has 1 unspecified atom stereocenters. The van der Waals surface area contributed by atoms with E-state index in [-0.39, 0.29) is 23.7 Å². The van der Waals surface area contributed by atoms with Crippen molar-refractivity contribution in [1.29, 1.82) is 0 Å². The standard InChI is InChI=1S/C11H17NO6S/c1-6(13)8(3-10(15)16)4-19-5-9(11(17)18)12-7(2)14/h8-9H,3-5H2,1-2H3,(H,12,14)(H,15,16)(H,17,18)/t8?,9-/m0/s1. The van der Waals surface area contributed by atoms with Crippen molar-refractivity contribution in [3.05, 3.63) is 0 Å². The fraction of sp³-hybridized carbons (Fsp3) is 0.636. The van der Waals surface area contributed by atoms with E-state index in [0.29, 0.717) is 0 Å². The minimum atomic E-state index is -1.17. The van der Waals surface area contributed by atoms with Crippen LogP contribution in [-0.2, 0) is 19.2 Å². The molecule has 108 valence electrons. The predicted octanol–water partition coefficient (Wildman–Crippen LogP) is -0.0112. The number of hydrogen-bond donors (Lipinski definition) is 3. The minimum absolute atomic E-state index is 0.0817. The Labute approximate surface area is 114 Å². The molecule has 2 atom stereocenters. The zero-order valence-corrected chi connectivity index (χ0v) is 11.5. The van der Waals surface area contributed by atoms with Gasteiger partial charge in [-0.25, -0.2) is 4.79 Å². The van der Waals surface area contributed by atoms with Crippen molar-refractivity contribution in [2.75, 3.05) is 11.5 Å². The third kappa shape index (κ3) is 8.20. The summed E-state index contributed by atoms with van der Waals surface area (Å²) in [5, 5.41) is 19.8. The Bertz CT molecular complexity index is 336. The van der Waals surface area contributed by atoms with Crippen molar-refractivity contribution in [3.8, 4) is 0 Å². The first kappa shape index (κ1) is 17.4. The summed E-state index contributed by atoms with van der Waals surface area (Å²) < 4.78 is 0. The van der Waals surface area contributed by atoms with E-state index in [0.717, 1.165) is 11.8 Å². The van der Waals surface area contributed by atoms with Crippen LogP contribution in [0.5, 0.6) is 0 Å². The van der Waals surface area contributed by atoms with E-state index >= 15 is 0 Å². The molecule has 8 heteroatoms. The fourth-order valence-electron chi connectivity index (χ4n) is 1.28. The first-order valence-corrected chi connectivity index (χ1v) is 6.69. The van der Waals surface area contributed by atoms with Gasteiger partial charge in [-0.15, -0.1) is 0 Å². The van der Waals surface area contributed by atoms with Gasteiger partial charge in [-0.2, -0.15) is 11.8 Å². The molecule has 3 N–H and O–H groups in total. The van der Waals surface area contributed by atoms with E-state index in [4.69, 9.17) is 10.2 Å². The average molecular weight is 291 g/mol. The molecular formula is C11H17NO6S. The Morgan fingerprint density at radius 3 is 2.05 bits per heavy atom. The summed E-state index contributed by atoms with van der Waals surface area (Å²) in [4.78, 5) is 43.4. The highest BCUT2D eigenvalue weighted by atomic mass is 32.2. The number of carbonyl (C=O) groups is 4. The maximum Gasteiger partial charge on any atom is 0.327 e. The quantitative estimate of drug-likeness (QED) is 0.546. The van der Waals surface area contributed by atoms with E-state index in [9.17, 15) is 19.2 Å². The second-order valence-corrected chi connectivity index (χ2v) is 5.11. The van der Waals surface area contributed by atoms with Gasteiger partial charge >= 0.3 is 11.9 Å². The largest absolute Gasteiger partial charge is 0.481 e. The second-order valence-electron chi connectivity index (χ2n) is 4.03. The van der Waals surface area contributed by atoms with Crippen LogP contribution in [0, 0.1) is 5.92 Å². The summed E-state index contributed by atoms with van der Waals surface area (Å²) in [5.74, 6) is -3.29. The van der Waals surface area contributed by atoms with Crippen molar-refractivity contribution in [3.63, 3.8) is 0 Å². The number of hydrogen-bond acceptors (Lipinski definition) is 5. The molecule has 0 radical (unpaired) electrons. The number of carboxylic acids is 2. The average Bonchev–Trinajstić information content (AvgIpc) is 2.24. The van der Waals surface area contributed by atoms with Gasteiger partial charge in [0.1, 0.15) is 11.8 Å². The summed E-state index contributed by atoms with van der Waals surface area (Å²) in [5.41, 5.74) is 0. The van der Waals surface area contributed by atoms with Crippen LogP contribution in [0.4, 0.5) is 0 Å². The zero-order chi connectivity index (χ0) is 15.0. The van der Waals surface area contributed by atoms with E-state index < -0.39 is 29.8 Å². The Hall–Kier alpha value is -1.57. The van der Waals surface area contributed by atoms with Gasteiger partial charge in [-0.3, -0.25) is 14.4 Å². The number of carboxylic acid groups (broad SMARTS) is 2. The number of ketones is 1. The van der Waals surface area contributed by atoms with Gasteiger partial charge in [0.15, 0.2) is 0 Å². The Morgan fingerprint density at radius 2 is 1.68 bits per heavy atom. The highest BCUT2D eigenvalue weighted by molar-refractivity contribution is 7.99. The van der Waals surface area contributed by atoms with Crippen molar-refractivity contribution >= 4 is 35.4 Å². The Balaban J connectivity index is 4.28. The van der Waals surface area contributed by atoms with Gasteiger partial charge < -0.3 is 15.5 Å². The molecule has 0 spiro atoms. The van der Waals surface area contributed by atoms with Gasteiger partial charge in [0.2, 0.25) is 5.91 Å². The molecular weight excluding hydrogens is 274 g/mol. The molecule has 0 aromatic heterocycles. The molecule has 0 aromatic rings. The van der Waals surface area contributed by atoms with Crippen molar-refractivity contribution in [2.45, 2.75) is 26.3 Å². The third-order valence-corrected chi connectivity index (χ3v) is 3.48. The first-order valence-electron chi connectivity index (χ1n) is 5.54. The van der Waals surface area contributed by atoms with Crippen LogP contribution in [0.2, 0.25) is 0 Å². The summed E-state index contributed by atoms with van der Waals surface area (Å²) in [6, 6.07) is -1.04.